The second kappa shape index (κ2) is 7.03. The Bertz CT molecular complexity index is 1020. The maximum absolute atomic E-state index is 12.2. The quantitative estimate of drug-likeness (QED) is 0.729. The molecule has 1 aliphatic rings. The van der Waals surface area contributed by atoms with Crippen LogP contribution in [-0.4, -0.2) is 28.0 Å². The number of methoxy groups -OCH3 is 1. The lowest BCUT2D eigenvalue weighted by Crippen LogP contribution is -2.24. The third-order valence-corrected chi connectivity index (χ3v) is 5.13. The van der Waals surface area contributed by atoms with E-state index in [-0.39, 0.29) is 11.8 Å². The smallest absolute Gasteiger partial charge is 0.226 e. The van der Waals surface area contributed by atoms with Gasteiger partial charge in [-0.3, -0.25) is 9.48 Å². The Morgan fingerprint density at radius 1 is 1.32 bits per heavy atom. The predicted molar refractivity (Wildman–Crippen MR) is 102 cm³/mol. The van der Waals surface area contributed by atoms with Gasteiger partial charge in [-0.15, -0.1) is 0 Å². The Balaban J connectivity index is 1.61. The van der Waals surface area contributed by atoms with Crippen molar-refractivity contribution in [3.63, 3.8) is 0 Å². The van der Waals surface area contributed by atoms with Gasteiger partial charge >= 0.3 is 0 Å². The monoisotopic (exact) mass is 382 g/mol. The minimum absolute atomic E-state index is 0.0289. The maximum Gasteiger partial charge on any atom is 0.226 e. The van der Waals surface area contributed by atoms with E-state index in [1.807, 2.05) is 39.1 Å². The number of rotatable bonds is 5. The van der Waals surface area contributed by atoms with Crippen LogP contribution in [0.3, 0.4) is 0 Å². The number of benzene rings is 1. The summed E-state index contributed by atoms with van der Waals surface area (Å²) in [4.78, 5) is 12.2. The zero-order chi connectivity index (χ0) is 19.8. The van der Waals surface area contributed by atoms with E-state index in [1.165, 1.54) is 0 Å². The molecular weight excluding hydrogens is 360 g/mol. The molecular formula is C20H22N4O4. The largest absolute Gasteiger partial charge is 0.493 e. The summed E-state index contributed by atoms with van der Waals surface area (Å²) < 4.78 is 18.3. The third-order valence-electron chi connectivity index (χ3n) is 5.13. The molecule has 0 saturated heterocycles. The van der Waals surface area contributed by atoms with Gasteiger partial charge in [0.25, 0.3) is 0 Å². The van der Waals surface area contributed by atoms with Crippen molar-refractivity contribution in [2.75, 3.05) is 12.4 Å². The molecule has 0 saturated carbocycles. The maximum atomic E-state index is 12.2. The number of fused-ring (bicyclic) bond motifs is 1. The van der Waals surface area contributed by atoms with Crippen LogP contribution in [0.4, 0.5) is 5.82 Å². The van der Waals surface area contributed by atoms with E-state index < -0.39 is 0 Å². The molecule has 1 atom stereocenters. The Hall–Kier alpha value is -3.29. The van der Waals surface area contributed by atoms with E-state index in [0.29, 0.717) is 24.5 Å². The van der Waals surface area contributed by atoms with Gasteiger partial charge in [-0.1, -0.05) is 11.2 Å². The van der Waals surface area contributed by atoms with Crippen molar-refractivity contribution in [3.05, 3.63) is 52.5 Å². The highest BCUT2D eigenvalue weighted by atomic mass is 16.5. The summed E-state index contributed by atoms with van der Waals surface area (Å²) in [7, 11) is 3.42. The highest BCUT2D eigenvalue weighted by Crippen LogP contribution is 2.40. The van der Waals surface area contributed by atoms with Crippen LogP contribution >= 0.6 is 0 Å². The Morgan fingerprint density at radius 2 is 2.14 bits per heavy atom. The second-order valence-corrected chi connectivity index (χ2v) is 6.88. The Morgan fingerprint density at radius 3 is 2.86 bits per heavy atom. The number of nitrogens with one attached hydrogen (secondary N) is 1. The number of hydrogen-bond donors (Lipinski definition) is 1. The van der Waals surface area contributed by atoms with Crippen molar-refractivity contribution < 1.29 is 18.8 Å². The number of carbonyl (C=O) groups is 1. The highest BCUT2D eigenvalue weighted by molar-refractivity contribution is 5.94. The number of hydrogen-bond acceptors (Lipinski definition) is 6. The predicted octanol–water partition coefficient (Wildman–Crippen LogP) is 3.09. The van der Waals surface area contributed by atoms with Gasteiger partial charge in [0.2, 0.25) is 5.91 Å². The van der Waals surface area contributed by atoms with Crippen LogP contribution in [0.25, 0.3) is 0 Å². The molecule has 0 fully saturated rings. The van der Waals surface area contributed by atoms with Crippen LogP contribution in [0, 0.1) is 13.8 Å². The zero-order valence-electron chi connectivity index (χ0n) is 16.3. The fourth-order valence-corrected chi connectivity index (χ4v) is 3.52. The molecule has 1 aromatic carbocycles. The van der Waals surface area contributed by atoms with Gasteiger partial charge in [0.15, 0.2) is 11.5 Å². The van der Waals surface area contributed by atoms with Crippen LogP contribution in [0.2, 0.25) is 0 Å². The van der Waals surface area contributed by atoms with Crippen molar-refractivity contribution >= 4 is 11.7 Å². The normalized spacial score (nSPS) is 15.9. The molecule has 4 rings (SSSR count). The molecule has 2 aromatic heterocycles. The van der Waals surface area contributed by atoms with Crippen LogP contribution in [-0.2, 0) is 18.4 Å². The first-order chi connectivity index (χ1) is 13.5. The molecule has 1 aliphatic heterocycles. The van der Waals surface area contributed by atoms with Gasteiger partial charge in [0, 0.05) is 24.9 Å². The molecule has 1 amide bonds. The van der Waals surface area contributed by atoms with E-state index in [0.717, 1.165) is 34.0 Å². The number of anilines is 1. The van der Waals surface area contributed by atoms with Crippen molar-refractivity contribution in [1.29, 1.82) is 0 Å². The van der Waals surface area contributed by atoms with Crippen LogP contribution < -0.4 is 14.8 Å². The minimum atomic E-state index is -0.0806. The fourth-order valence-electron chi connectivity index (χ4n) is 3.52. The highest BCUT2D eigenvalue weighted by Gasteiger charge is 2.30. The van der Waals surface area contributed by atoms with E-state index in [4.69, 9.17) is 14.0 Å². The zero-order valence-corrected chi connectivity index (χ0v) is 16.3. The molecule has 28 heavy (non-hydrogen) atoms. The fraction of sp³-hybridized carbons (Fsp3) is 0.350. The van der Waals surface area contributed by atoms with Gasteiger partial charge in [-0.2, -0.15) is 5.10 Å². The first-order valence-corrected chi connectivity index (χ1v) is 9.02. The number of ether oxygens (including phenoxy) is 2. The Kier molecular flexibility index (Phi) is 4.54. The summed E-state index contributed by atoms with van der Waals surface area (Å²) in [5.41, 5.74) is 3.71. The lowest BCUT2D eigenvalue weighted by atomic mass is 9.87. The third kappa shape index (κ3) is 3.11. The summed E-state index contributed by atoms with van der Waals surface area (Å²) in [5.74, 6) is 2.60. The molecule has 0 unspecified atom stereocenters. The SMILES string of the molecule is COc1cc([C@H]2CC(=O)Nc3c2cnn3C)ccc1OCc1c(C)noc1C. The van der Waals surface area contributed by atoms with Gasteiger partial charge in [0.05, 0.1) is 24.6 Å². The lowest BCUT2D eigenvalue weighted by Gasteiger charge is -2.24. The molecule has 3 aromatic rings. The summed E-state index contributed by atoms with van der Waals surface area (Å²) in [6, 6.07) is 5.75. The molecule has 8 heteroatoms. The van der Waals surface area contributed by atoms with Crippen molar-refractivity contribution in [3.8, 4) is 11.5 Å². The number of carbonyl (C=O) groups excluding carboxylic acids is 1. The topological polar surface area (TPSA) is 91.4 Å². The van der Waals surface area contributed by atoms with Crippen LogP contribution in [0.15, 0.2) is 28.9 Å². The second-order valence-electron chi connectivity index (χ2n) is 6.88. The molecule has 3 heterocycles. The van der Waals surface area contributed by atoms with E-state index in [2.05, 4.69) is 15.6 Å². The minimum Gasteiger partial charge on any atom is -0.493 e. The van der Waals surface area contributed by atoms with Crippen LogP contribution in [0.1, 0.15) is 40.5 Å². The van der Waals surface area contributed by atoms with Gasteiger partial charge in [0.1, 0.15) is 18.2 Å². The number of amides is 1. The average Bonchev–Trinajstić information content (AvgIpc) is 3.21. The van der Waals surface area contributed by atoms with Crippen molar-refractivity contribution in [2.45, 2.75) is 32.8 Å². The van der Waals surface area contributed by atoms with Gasteiger partial charge in [-0.05, 0) is 31.5 Å². The summed E-state index contributed by atoms with van der Waals surface area (Å²) in [6.07, 6.45) is 2.16. The number of aromatic nitrogens is 3. The molecule has 1 N–H and O–H groups in total. The lowest BCUT2D eigenvalue weighted by molar-refractivity contribution is -0.116. The van der Waals surface area contributed by atoms with Crippen molar-refractivity contribution in [2.24, 2.45) is 7.05 Å². The number of aryl methyl sites for hydroxylation is 3. The molecule has 8 nitrogen and oxygen atoms in total. The summed E-state index contributed by atoms with van der Waals surface area (Å²) >= 11 is 0. The van der Waals surface area contributed by atoms with Gasteiger partial charge < -0.3 is 19.3 Å². The molecule has 0 aliphatic carbocycles. The standard InChI is InChI=1S/C20H22N4O4/c1-11-16(12(2)28-23-11)10-27-17-6-5-13(7-18(17)26-4)14-8-19(25)22-20-15(14)9-21-24(20)3/h5-7,9,14H,8,10H2,1-4H3,(H,22,25)/t14-/m1/s1. The first-order valence-electron chi connectivity index (χ1n) is 9.02. The van der Waals surface area contributed by atoms with Gasteiger partial charge in [-0.25, -0.2) is 0 Å². The van der Waals surface area contributed by atoms with Crippen molar-refractivity contribution in [1.82, 2.24) is 14.9 Å². The molecule has 0 bridgehead atoms. The number of nitrogens with zero attached hydrogens (tertiary/aromatic N) is 3. The first kappa shape index (κ1) is 18.1. The van der Waals surface area contributed by atoms with Crippen LogP contribution in [0.5, 0.6) is 11.5 Å². The molecule has 0 spiro atoms. The van der Waals surface area contributed by atoms with E-state index in [9.17, 15) is 4.79 Å². The summed E-state index contributed by atoms with van der Waals surface area (Å²) in [5, 5.41) is 11.1. The molecule has 0 radical (unpaired) electrons. The summed E-state index contributed by atoms with van der Waals surface area (Å²) in [6.45, 7) is 4.09. The Labute approximate surface area is 162 Å². The average molecular weight is 382 g/mol. The molecule has 146 valence electrons. The van der Waals surface area contributed by atoms with E-state index >= 15 is 0 Å². The van der Waals surface area contributed by atoms with E-state index in [1.54, 1.807) is 18.0 Å².